The van der Waals surface area contributed by atoms with Gasteiger partial charge >= 0.3 is 6.36 Å². The van der Waals surface area contributed by atoms with Crippen molar-refractivity contribution in [1.29, 1.82) is 0 Å². The SMILES string of the molecule is O=S(=O)(c1ccc(OC(F)(F)F)cc1)N1CCC(=NOCc2ccncc2O)CC1. The van der Waals surface area contributed by atoms with Gasteiger partial charge in [0.15, 0.2) is 0 Å². The van der Waals surface area contributed by atoms with Crippen LogP contribution in [0.4, 0.5) is 13.2 Å². The summed E-state index contributed by atoms with van der Waals surface area (Å²) >= 11 is 0. The van der Waals surface area contributed by atoms with E-state index in [2.05, 4.69) is 14.9 Å². The smallest absolute Gasteiger partial charge is 0.506 e. The molecule has 0 atom stereocenters. The first-order valence-electron chi connectivity index (χ1n) is 8.81. The highest BCUT2D eigenvalue weighted by Gasteiger charge is 2.32. The summed E-state index contributed by atoms with van der Waals surface area (Å²) in [6.45, 7) is 0.365. The minimum atomic E-state index is -4.85. The molecule has 1 fully saturated rings. The number of aromatic nitrogens is 1. The number of rotatable bonds is 6. The third kappa shape index (κ3) is 5.60. The Balaban J connectivity index is 1.56. The number of halogens is 3. The number of oxime groups is 1. The zero-order chi connectivity index (χ0) is 21.8. The Labute approximate surface area is 170 Å². The highest BCUT2D eigenvalue weighted by molar-refractivity contribution is 7.89. The molecule has 30 heavy (non-hydrogen) atoms. The third-order valence-electron chi connectivity index (χ3n) is 4.30. The van der Waals surface area contributed by atoms with Gasteiger partial charge in [-0.05, 0) is 30.3 Å². The fraction of sp³-hybridized carbons (Fsp3) is 0.333. The number of alkyl halides is 3. The fourth-order valence-electron chi connectivity index (χ4n) is 2.77. The van der Waals surface area contributed by atoms with Crippen LogP contribution >= 0.6 is 0 Å². The van der Waals surface area contributed by atoms with Crippen molar-refractivity contribution in [2.75, 3.05) is 13.1 Å². The lowest BCUT2D eigenvalue weighted by molar-refractivity contribution is -0.274. The Bertz CT molecular complexity index is 1000. The number of ether oxygens (including phenoxy) is 1. The molecule has 0 bridgehead atoms. The number of aromatic hydroxyl groups is 1. The van der Waals surface area contributed by atoms with Crippen LogP contribution in [0.15, 0.2) is 52.8 Å². The molecule has 1 aliphatic heterocycles. The van der Waals surface area contributed by atoms with Crippen molar-refractivity contribution in [2.45, 2.75) is 30.7 Å². The number of pyridine rings is 1. The number of sulfonamides is 1. The molecule has 3 rings (SSSR count). The molecule has 0 spiro atoms. The van der Waals surface area contributed by atoms with Gasteiger partial charge in [-0.1, -0.05) is 5.16 Å². The molecule has 1 saturated heterocycles. The van der Waals surface area contributed by atoms with E-state index in [-0.39, 0.29) is 30.3 Å². The molecule has 1 aliphatic rings. The predicted octanol–water partition coefficient (Wildman–Crippen LogP) is 3.04. The normalized spacial score (nSPS) is 15.6. The van der Waals surface area contributed by atoms with E-state index in [1.807, 2.05) is 0 Å². The average Bonchev–Trinajstić information content (AvgIpc) is 2.69. The predicted molar refractivity (Wildman–Crippen MR) is 99.2 cm³/mol. The molecule has 12 heteroatoms. The van der Waals surface area contributed by atoms with Crippen molar-refractivity contribution in [2.24, 2.45) is 5.16 Å². The van der Waals surface area contributed by atoms with Crippen LogP contribution in [0, 0.1) is 0 Å². The Kier molecular flexibility index (Phi) is 6.46. The van der Waals surface area contributed by atoms with E-state index in [1.165, 1.54) is 16.7 Å². The van der Waals surface area contributed by atoms with Gasteiger partial charge in [-0.3, -0.25) is 4.98 Å². The maximum Gasteiger partial charge on any atom is 0.573 e. The maximum atomic E-state index is 12.7. The Morgan fingerprint density at radius 3 is 2.40 bits per heavy atom. The van der Waals surface area contributed by atoms with E-state index in [0.29, 0.717) is 24.1 Å². The summed E-state index contributed by atoms with van der Waals surface area (Å²) in [5, 5.41) is 13.6. The summed E-state index contributed by atoms with van der Waals surface area (Å²) in [7, 11) is -3.85. The monoisotopic (exact) mass is 445 g/mol. The Hall–Kier alpha value is -2.86. The Morgan fingerprint density at radius 1 is 1.13 bits per heavy atom. The molecule has 2 aromatic rings. The summed E-state index contributed by atoms with van der Waals surface area (Å²) in [5.41, 5.74) is 1.19. The highest BCUT2D eigenvalue weighted by Crippen LogP contribution is 2.26. The third-order valence-corrected chi connectivity index (χ3v) is 6.21. The van der Waals surface area contributed by atoms with Crippen molar-refractivity contribution in [3.8, 4) is 11.5 Å². The molecular weight excluding hydrogens is 427 g/mol. The first kappa shape index (κ1) is 21.8. The van der Waals surface area contributed by atoms with E-state index in [1.54, 1.807) is 6.07 Å². The van der Waals surface area contributed by atoms with Crippen LogP contribution in [0.3, 0.4) is 0 Å². The molecule has 0 amide bonds. The van der Waals surface area contributed by atoms with E-state index in [0.717, 1.165) is 24.3 Å². The molecule has 0 saturated carbocycles. The van der Waals surface area contributed by atoms with Crippen molar-refractivity contribution < 1.29 is 36.3 Å². The van der Waals surface area contributed by atoms with Crippen LogP contribution in [-0.4, -0.2) is 48.0 Å². The van der Waals surface area contributed by atoms with Gasteiger partial charge in [-0.2, -0.15) is 4.31 Å². The first-order chi connectivity index (χ1) is 14.1. The van der Waals surface area contributed by atoms with Gasteiger partial charge in [-0.25, -0.2) is 8.42 Å². The van der Waals surface area contributed by atoms with Crippen LogP contribution in [0.25, 0.3) is 0 Å². The van der Waals surface area contributed by atoms with Gasteiger partial charge < -0.3 is 14.7 Å². The van der Waals surface area contributed by atoms with E-state index >= 15 is 0 Å². The zero-order valence-corrected chi connectivity index (χ0v) is 16.4. The quantitative estimate of drug-likeness (QED) is 0.686. The van der Waals surface area contributed by atoms with Crippen molar-refractivity contribution in [3.05, 3.63) is 48.3 Å². The minimum absolute atomic E-state index is 0.00901. The van der Waals surface area contributed by atoms with Crippen molar-refractivity contribution in [3.63, 3.8) is 0 Å². The number of nitrogens with zero attached hydrogens (tertiary/aromatic N) is 3. The lowest BCUT2D eigenvalue weighted by Crippen LogP contribution is -2.38. The molecule has 162 valence electrons. The molecule has 0 unspecified atom stereocenters. The molecule has 1 N–H and O–H groups in total. The Morgan fingerprint density at radius 2 is 1.80 bits per heavy atom. The number of hydrogen-bond donors (Lipinski definition) is 1. The zero-order valence-electron chi connectivity index (χ0n) is 15.5. The van der Waals surface area contributed by atoms with Crippen LogP contribution in [0.1, 0.15) is 18.4 Å². The van der Waals surface area contributed by atoms with Gasteiger partial charge in [0, 0.05) is 37.7 Å². The van der Waals surface area contributed by atoms with Crippen molar-refractivity contribution >= 4 is 15.7 Å². The van der Waals surface area contributed by atoms with E-state index in [9.17, 15) is 26.7 Å². The lowest BCUT2D eigenvalue weighted by Gasteiger charge is -2.26. The molecule has 8 nitrogen and oxygen atoms in total. The largest absolute Gasteiger partial charge is 0.573 e. The van der Waals surface area contributed by atoms with Crippen LogP contribution in [-0.2, 0) is 21.5 Å². The first-order valence-corrected chi connectivity index (χ1v) is 10.2. The lowest BCUT2D eigenvalue weighted by atomic mass is 10.1. The average molecular weight is 445 g/mol. The number of piperidine rings is 1. The van der Waals surface area contributed by atoms with E-state index < -0.39 is 22.1 Å². The van der Waals surface area contributed by atoms with Gasteiger partial charge in [-0.15, -0.1) is 13.2 Å². The maximum absolute atomic E-state index is 12.7. The van der Waals surface area contributed by atoms with Gasteiger partial charge in [0.05, 0.1) is 16.8 Å². The molecule has 0 aliphatic carbocycles. The summed E-state index contributed by atoms with van der Waals surface area (Å²) in [4.78, 5) is 8.86. The minimum Gasteiger partial charge on any atom is -0.506 e. The molecule has 0 radical (unpaired) electrons. The number of benzene rings is 1. The highest BCUT2D eigenvalue weighted by atomic mass is 32.2. The second-order valence-electron chi connectivity index (χ2n) is 6.36. The standard InChI is InChI=1S/C18H18F3N3O5S/c19-18(20,21)29-15-1-3-16(4-2-15)30(26,27)24-9-6-14(7-10-24)23-28-12-13-5-8-22-11-17(13)25/h1-5,8,11,25H,6-7,9-10,12H2. The van der Waals surface area contributed by atoms with Gasteiger partial charge in [0.25, 0.3) is 0 Å². The van der Waals surface area contributed by atoms with Crippen molar-refractivity contribution in [1.82, 2.24) is 9.29 Å². The van der Waals surface area contributed by atoms with Crippen LogP contribution in [0.5, 0.6) is 11.5 Å². The van der Waals surface area contributed by atoms with Crippen LogP contribution < -0.4 is 4.74 Å². The summed E-state index contributed by atoms with van der Waals surface area (Å²) < 4.78 is 67.0. The summed E-state index contributed by atoms with van der Waals surface area (Å²) in [6.07, 6.45) is -1.36. The molecular formula is C18H18F3N3O5S. The molecule has 2 heterocycles. The molecule has 1 aromatic carbocycles. The topological polar surface area (TPSA) is 101 Å². The number of hydrogen-bond acceptors (Lipinski definition) is 7. The summed E-state index contributed by atoms with van der Waals surface area (Å²) in [5.74, 6) is -0.503. The van der Waals surface area contributed by atoms with Crippen LogP contribution in [0.2, 0.25) is 0 Å². The second kappa shape index (κ2) is 8.88. The fourth-order valence-corrected chi connectivity index (χ4v) is 4.21. The van der Waals surface area contributed by atoms with E-state index in [4.69, 9.17) is 4.84 Å². The molecule has 1 aromatic heterocycles. The second-order valence-corrected chi connectivity index (χ2v) is 8.30. The van der Waals surface area contributed by atoms with Gasteiger partial charge in [0.2, 0.25) is 10.0 Å². The summed E-state index contributed by atoms with van der Waals surface area (Å²) in [6, 6.07) is 5.66. The van der Waals surface area contributed by atoms with Gasteiger partial charge in [0.1, 0.15) is 18.1 Å².